The lowest BCUT2D eigenvalue weighted by molar-refractivity contribution is -0.137. The van der Waals surface area contributed by atoms with Crippen LogP contribution in [0.25, 0.3) is 10.8 Å². The van der Waals surface area contributed by atoms with Crippen LogP contribution in [0.3, 0.4) is 0 Å². The number of hydrogen-bond acceptors (Lipinski definition) is 3. The summed E-state index contributed by atoms with van der Waals surface area (Å²) in [6.45, 7) is 0.398. The van der Waals surface area contributed by atoms with E-state index in [0.29, 0.717) is 17.9 Å². The molecule has 0 radical (unpaired) electrons. The molecule has 0 saturated carbocycles. The third-order valence-corrected chi connectivity index (χ3v) is 5.15. The van der Waals surface area contributed by atoms with Crippen molar-refractivity contribution in [3.05, 3.63) is 113 Å². The smallest absolute Gasteiger partial charge is 0.416 e. The molecule has 0 aliphatic carbocycles. The third-order valence-electron chi connectivity index (χ3n) is 5.15. The Morgan fingerprint density at radius 1 is 0.912 bits per heavy atom. The largest absolute Gasteiger partial charge is 0.489 e. The monoisotopic (exact) mass is 462 g/mol. The van der Waals surface area contributed by atoms with E-state index in [9.17, 15) is 18.0 Å². The van der Waals surface area contributed by atoms with Crippen LogP contribution in [0, 0.1) is 0 Å². The van der Waals surface area contributed by atoms with Gasteiger partial charge in [-0.05, 0) is 45.7 Å². The van der Waals surface area contributed by atoms with E-state index in [0.717, 1.165) is 28.5 Å². The van der Waals surface area contributed by atoms with Crippen molar-refractivity contribution in [2.75, 3.05) is 0 Å². The highest BCUT2D eigenvalue weighted by Gasteiger charge is 2.30. The first-order valence-electron chi connectivity index (χ1n) is 10.6. The Hall–Kier alpha value is -4.13. The summed E-state index contributed by atoms with van der Waals surface area (Å²) in [7, 11) is 0. The average molecular weight is 462 g/mol. The standard InChI is InChI=1S/C27H21F3N2O2/c28-27(29,30)23-11-3-6-19(14-23)16-26(33)32-31-17-20-7-4-12-24(15-20)34-18-22-10-5-9-21-8-1-2-13-25(21)22/h1-15,17H,16,18H2,(H,32,33)/b31-17-. The number of ether oxygens (including phenoxy) is 1. The molecule has 4 nitrogen and oxygen atoms in total. The molecular weight excluding hydrogens is 441 g/mol. The van der Waals surface area contributed by atoms with Crippen molar-refractivity contribution in [3.63, 3.8) is 0 Å². The molecule has 172 valence electrons. The first kappa shape index (κ1) is 23.0. The summed E-state index contributed by atoms with van der Waals surface area (Å²) >= 11 is 0. The maximum atomic E-state index is 12.8. The van der Waals surface area contributed by atoms with Gasteiger partial charge in [0, 0.05) is 0 Å². The summed E-state index contributed by atoms with van der Waals surface area (Å²) in [5.74, 6) is 0.131. The third kappa shape index (κ3) is 6.01. The van der Waals surface area contributed by atoms with Crippen molar-refractivity contribution in [1.82, 2.24) is 5.43 Å². The number of halogens is 3. The number of hydrogen-bond donors (Lipinski definition) is 1. The molecule has 4 aromatic carbocycles. The molecule has 0 heterocycles. The van der Waals surface area contributed by atoms with E-state index in [4.69, 9.17) is 4.74 Å². The van der Waals surface area contributed by atoms with Gasteiger partial charge in [0.2, 0.25) is 5.91 Å². The molecule has 0 bridgehead atoms. The number of fused-ring (bicyclic) bond motifs is 1. The summed E-state index contributed by atoms with van der Waals surface area (Å²) in [5.41, 5.74) is 3.58. The van der Waals surface area contributed by atoms with Crippen molar-refractivity contribution in [2.45, 2.75) is 19.2 Å². The fraction of sp³-hybridized carbons (Fsp3) is 0.111. The van der Waals surface area contributed by atoms with Crippen LogP contribution in [0.15, 0.2) is 96.1 Å². The number of carbonyl (C=O) groups excluding carboxylic acids is 1. The minimum absolute atomic E-state index is 0.213. The molecule has 34 heavy (non-hydrogen) atoms. The highest BCUT2D eigenvalue weighted by Crippen LogP contribution is 2.29. The number of nitrogens with one attached hydrogen (secondary N) is 1. The van der Waals surface area contributed by atoms with E-state index in [2.05, 4.69) is 28.7 Å². The lowest BCUT2D eigenvalue weighted by Gasteiger charge is -2.09. The summed E-state index contributed by atoms with van der Waals surface area (Å²) < 4.78 is 44.4. The quantitative estimate of drug-likeness (QED) is 0.265. The molecule has 4 rings (SSSR count). The second-order valence-corrected chi connectivity index (χ2v) is 7.67. The van der Waals surface area contributed by atoms with Gasteiger partial charge in [-0.1, -0.05) is 72.8 Å². The van der Waals surface area contributed by atoms with E-state index in [1.54, 1.807) is 12.1 Å². The topological polar surface area (TPSA) is 50.7 Å². The summed E-state index contributed by atoms with van der Waals surface area (Å²) in [6.07, 6.45) is -3.21. The van der Waals surface area contributed by atoms with Gasteiger partial charge in [-0.3, -0.25) is 4.79 Å². The maximum absolute atomic E-state index is 12.8. The van der Waals surface area contributed by atoms with Gasteiger partial charge < -0.3 is 4.74 Å². The Morgan fingerprint density at radius 2 is 1.68 bits per heavy atom. The minimum Gasteiger partial charge on any atom is -0.489 e. The van der Waals surface area contributed by atoms with Crippen LogP contribution in [0.5, 0.6) is 5.75 Å². The van der Waals surface area contributed by atoms with E-state index in [1.165, 1.54) is 18.3 Å². The Labute approximate surface area is 194 Å². The van der Waals surface area contributed by atoms with E-state index in [-0.39, 0.29) is 12.0 Å². The second kappa shape index (κ2) is 10.2. The van der Waals surface area contributed by atoms with Gasteiger partial charge in [0.1, 0.15) is 12.4 Å². The van der Waals surface area contributed by atoms with Crippen molar-refractivity contribution in [1.29, 1.82) is 0 Å². The fourth-order valence-corrected chi connectivity index (χ4v) is 3.53. The van der Waals surface area contributed by atoms with Gasteiger partial charge in [-0.2, -0.15) is 18.3 Å². The fourth-order valence-electron chi connectivity index (χ4n) is 3.53. The average Bonchev–Trinajstić information content (AvgIpc) is 2.82. The molecule has 0 aromatic heterocycles. The van der Waals surface area contributed by atoms with Crippen LogP contribution in [0.1, 0.15) is 22.3 Å². The molecule has 0 atom stereocenters. The van der Waals surface area contributed by atoms with Crippen molar-refractivity contribution in [2.24, 2.45) is 5.10 Å². The predicted molar refractivity (Wildman–Crippen MR) is 126 cm³/mol. The minimum atomic E-state index is -4.45. The van der Waals surface area contributed by atoms with Crippen molar-refractivity contribution < 1.29 is 22.7 Å². The molecule has 7 heteroatoms. The molecule has 0 unspecified atom stereocenters. The number of benzene rings is 4. The van der Waals surface area contributed by atoms with E-state index >= 15 is 0 Å². The van der Waals surface area contributed by atoms with Gasteiger partial charge >= 0.3 is 6.18 Å². The molecule has 0 aliphatic heterocycles. The Balaban J connectivity index is 1.34. The first-order valence-corrected chi connectivity index (χ1v) is 10.6. The Morgan fingerprint density at radius 3 is 2.53 bits per heavy atom. The van der Waals surface area contributed by atoms with Gasteiger partial charge in [-0.25, -0.2) is 5.43 Å². The molecule has 0 spiro atoms. The van der Waals surface area contributed by atoms with Crippen LogP contribution >= 0.6 is 0 Å². The van der Waals surface area contributed by atoms with Crippen LogP contribution in [-0.2, 0) is 24.0 Å². The lowest BCUT2D eigenvalue weighted by Crippen LogP contribution is -2.20. The zero-order chi connectivity index (χ0) is 24.0. The Kier molecular flexibility index (Phi) is 6.92. The molecule has 0 saturated heterocycles. The van der Waals surface area contributed by atoms with Gasteiger partial charge in [0.05, 0.1) is 18.2 Å². The number of carbonyl (C=O) groups is 1. The SMILES string of the molecule is O=C(Cc1cccc(C(F)(F)F)c1)N/N=C\c1cccc(OCc2cccc3ccccc23)c1. The van der Waals surface area contributed by atoms with Crippen LogP contribution in [0.2, 0.25) is 0 Å². The summed E-state index contributed by atoms with van der Waals surface area (Å²) in [4.78, 5) is 12.1. The number of rotatable bonds is 7. The summed E-state index contributed by atoms with van der Waals surface area (Å²) in [5, 5.41) is 6.18. The number of nitrogens with zero attached hydrogens (tertiary/aromatic N) is 1. The molecule has 1 N–H and O–H groups in total. The number of amides is 1. The molecule has 0 fully saturated rings. The normalized spacial score (nSPS) is 11.6. The second-order valence-electron chi connectivity index (χ2n) is 7.67. The predicted octanol–water partition coefficient (Wildman–Crippen LogP) is 6.13. The van der Waals surface area contributed by atoms with Crippen LogP contribution in [-0.4, -0.2) is 12.1 Å². The lowest BCUT2D eigenvalue weighted by atomic mass is 10.1. The highest BCUT2D eigenvalue weighted by molar-refractivity contribution is 5.85. The van der Waals surface area contributed by atoms with E-state index in [1.807, 2.05) is 36.4 Å². The highest BCUT2D eigenvalue weighted by atomic mass is 19.4. The van der Waals surface area contributed by atoms with Crippen LogP contribution < -0.4 is 10.2 Å². The molecular formula is C27H21F3N2O2. The number of alkyl halides is 3. The van der Waals surface area contributed by atoms with Crippen molar-refractivity contribution >= 4 is 22.9 Å². The zero-order valence-electron chi connectivity index (χ0n) is 18.0. The van der Waals surface area contributed by atoms with Gasteiger partial charge in [-0.15, -0.1) is 0 Å². The van der Waals surface area contributed by atoms with Crippen molar-refractivity contribution in [3.8, 4) is 5.75 Å². The molecule has 0 aliphatic rings. The summed E-state index contributed by atoms with van der Waals surface area (Å²) in [6, 6.07) is 26.0. The van der Waals surface area contributed by atoms with Crippen LogP contribution in [0.4, 0.5) is 13.2 Å². The maximum Gasteiger partial charge on any atom is 0.416 e. The molecule has 4 aromatic rings. The number of hydrazone groups is 1. The Bertz CT molecular complexity index is 1330. The molecule has 1 amide bonds. The van der Waals surface area contributed by atoms with Gasteiger partial charge in [0.15, 0.2) is 0 Å². The first-order chi connectivity index (χ1) is 16.4. The van der Waals surface area contributed by atoms with Gasteiger partial charge in [0.25, 0.3) is 0 Å². The zero-order valence-corrected chi connectivity index (χ0v) is 18.0. The van der Waals surface area contributed by atoms with E-state index < -0.39 is 17.6 Å².